The van der Waals surface area contributed by atoms with Crippen LogP contribution in [0, 0.1) is 23.2 Å². The quantitative estimate of drug-likeness (QED) is 0.669. The topological polar surface area (TPSA) is 20.2 Å². The zero-order valence-corrected chi connectivity index (χ0v) is 11.0. The molecule has 0 amide bonds. The molecule has 1 heteroatoms. The third-order valence-corrected chi connectivity index (χ3v) is 5.18. The highest BCUT2D eigenvalue weighted by Gasteiger charge is 2.50. The third kappa shape index (κ3) is 1.84. The van der Waals surface area contributed by atoms with Crippen LogP contribution in [0.25, 0.3) is 0 Å². The average Bonchev–Trinajstić information content (AvgIpc) is 2.50. The van der Waals surface area contributed by atoms with Crippen LogP contribution < -0.4 is 0 Å². The van der Waals surface area contributed by atoms with Gasteiger partial charge in [-0.05, 0) is 60.8 Å². The van der Waals surface area contributed by atoms with Gasteiger partial charge >= 0.3 is 0 Å². The molecule has 2 rings (SSSR count). The summed E-state index contributed by atoms with van der Waals surface area (Å²) in [6.07, 6.45) is 5.86. The molecule has 0 heterocycles. The number of hydrogen-bond donors (Lipinski definition) is 1. The summed E-state index contributed by atoms with van der Waals surface area (Å²) in [5, 5.41) is 10.5. The number of fused-ring (bicyclic) bond motifs is 1. The fourth-order valence-electron chi connectivity index (χ4n) is 4.14. The highest BCUT2D eigenvalue weighted by atomic mass is 16.3. The van der Waals surface area contributed by atoms with Gasteiger partial charge in [0.1, 0.15) is 0 Å². The zero-order valence-electron chi connectivity index (χ0n) is 11.0. The number of aliphatic hydroxyl groups excluding tert-OH is 1. The van der Waals surface area contributed by atoms with Crippen LogP contribution >= 0.6 is 0 Å². The summed E-state index contributed by atoms with van der Waals surface area (Å²) < 4.78 is 0. The number of hydrogen-bond acceptors (Lipinski definition) is 1. The molecule has 0 spiro atoms. The van der Waals surface area contributed by atoms with Crippen molar-refractivity contribution in [3.63, 3.8) is 0 Å². The van der Waals surface area contributed by atoms with E-state index in [9.17, 15) is 5.11 Å². The van der Waals surface area contributed by atoms with Gasteiger partial charge in [-0.1, -0.05) is 27.4 Å². The second-order valence-corrected chi connectivity index (χ2v) is 6.58. The molecule has 0 aromatic heterocycles. The molecular formula is C15H26O. The molecule has 0 aromatic carbocycles. The van der Waals surface area contributed by atoms with E-state index < -0.39 is 0 Å². The molecule has 0 bridgehead atoms. The van der Waals surface area contributed by atoms with Crippen LogP contribution in [-0.4, -0.2) is 11.2 Å². The molecule has 0 saturated heterocycles. The van der Waals surface area contributed by atoms with Gasteiger partial charge in [0, 0.05) is 0 Å². The predicted molar refractivity (Wildman–Crippen MR) is 68.2 cm³/mol. The minimum atomic E-state index is -0.248. The smallest absolute Gasteiger partial charge is 0.0783 e. The van der Waals surface area contributed by atoms with E-state index in [2.05, 4.69) is 27.4 Å². The number of aliphatic hydroxyl groups is 1. The van der Waals surface area contributed by atoms with E-state index >= 15 is 0 Å². The molecule has 4 atom stereocenters. The molecule has 0 radical (unpaired) electrons. The lowest BCUT2D eigenvalue weighted by Gasteiger charge is -2.37. The van der Waals surface area contributed by atoms with Crippen LogP contribution in [0.2, 0.25) is 0 Å². The highest BCUT2D eigenvalue weighted by molar-refractivity contribution is 5.13. The molecule has 2 aliphatic rings. The van der Waals surface area contributed by atoms with Crippen molar-refractivity contribution in [2.45, 2.75) is 59.0 Å². The normalized spacial score (nSPS) is 44.6. The summed E-state index contributed by atoms with van der Waals surface area (Å²) >= 11 is 0. The standard InChI is InChI=1S/C15H26O/c1-10(2)12-7-9-15(4)8-5-6-11(3)14(16)13(12)15/h10,12-14,16H,3,5-9H2,1-2,4H3/t12-,13-,14-,15-/m1/s1. The molecule has 1 N–H and O–H groups in total. The fourth-order valence-corrected chi connectivity index (χ4v) is 4.14. The Morgan fingerprint density at radius 3 is 2.69 bits per heavy atom. The molecule has 2 saturated carbocycles. The first-order chi connectivity index (χ1) is 7.46. The molecule has 92 valence electrons. The lowest BCUT2D eigenvalue weighted by Crippen LogP contribution is -2.36. The van der Waals surface area contributed by atoms with E-state index in [-0.39, 0.29) is 6.10 Å². The molecule has 0 unspecified atom stereocenters. The number of rotatable bonds is 1. The van der Waals surface area contributed by atoms with Gasteiger partial charge < -0.3 is 5.11 Å². The van der Waals surface area contributed by atoms with Gasteiger partial charge in [-0.25, -0.2) is 0 Å². The summed E-state index contributed by atoms with van der Waals surface area (Å²) in [4.78, 5) is 0. The molecule has 2 fully saturated rings. The average molecular weight is 222 g/mol. The van der Waals surface area contributed by atoms with Crippen molar-refractivity contribution in [3.05, 3.63) is 12.2 Å². The van der Waals surface area contributed by atoms with Gasteiger partial charge in [-0.2, -0.15) is 0 Å². The first-order valence-electron chi connectivity index (χ1n) is 6.81. The van der Waals surface area contributed by atoms with E-state index in [4.69, 9.17) is 0 Å². The van der Waals surface area contributed by atoms with Crippen molar-refractivity contribution in [1.29, 1.82) is 0 Å². The van der Waals surface area contributed by atoms with Crippen LogP contribution in [0.5, 0.6) is 0 Å². The monoisotopic (exact) mass is 222 g/mol. The Bertz CT molecular complexity index is 281. The van der Waals surface area contributed by atoms with Crippen molar-refractivity contribution in [2.24, 2.45) is 23.2 Å². The first-order valence-corrected chi connectivity index (χ1v) is 6.81. The summed E-state index contributed by atoms with van der Waals surface area (Å²) in [6, 6.07) is 0. The molecule has 0 aliphatic heterocycles. The molecular weight excluding hydrogens is 196 g/mol. The van der Waals surface area contributed by atoms with Crippen LogP contribution in [0.15, 0.2) is 12.2 Å². The summed E-state index contributed by atoms with van der Waals surface area (Å²) in [5.74, 6) is 1.84. The summed E-state index contributed by atoms with van der Waals surface area (Å²) in [5.41, 5.74) is 1.45. The largest absolute Gasteiger partial charge is 0.388 e. The maximum atomic E-state index is 10.5. The Hall–Kier alpha value is -0.300. The Balaban J connectivity index is 2.30. The van der Waals surface area contributed by atoms with Gasteiger partial charge in [-0.3, -0.25) is 0 Å². The van der Waals surface area contributed by atoms with E-state index in [0.717, 1.165) is 12.0 Å². The molecule has 16 heavy (non-hydrogen) atoms. The van der Waals surface area contributed by atoms with Crippen LogP contribution in [0.3, 0.4) is 0 Å². The minimum absolute atomic E-state index is 0.248. The Morgan fingerprint density at radius 1 is 1.38 bits per heavy atom. The Morgan fingerprint density at radius 2 is 2.06 bits per heavy atom. The van der Waals surface area contributed by atoms with Gasteiger partial charge in [0.2, 0.25) is 0 Å². The summed E-state index contributed by atoms with van der Waals surface area (Å²) in [6.45, 7) is 11.1. The Labute approximate surface area is 99.9 Å². The SMILES string of the molecule is C=C1CCC[C@]2(C)CC[C@H](C(C)C)[C@@H]2[C@@H]1O. The van der Waals surface area contributed by atoms with Crippen molar-refractivity contribution in [1.82, 2.24) is 0 Å². The maximum Gasteiger partial charge on any atom is 0.0783 e. The van der Waals surface area contributed by atoms with Crippen molar-refractivity contribution in [3.8, 4) is 0 Å². The lowest BCUT2D eigenvalue weighted by molar-refractivity contribution is 0.0371. The molecule has 1 nitrogen and oxygen atoms in total. The lowest BCUT2D eigenvalue weighted by atomic mass is 9.70. The van der Waals surface area contributed by atoms with E-state index in [1.165, 1.54) is 25.7 Å². The van der Waals surface area contributed by atoms with Crippen LogP contribution in [-0.2, 0) is 0 Å². The van der Waals surface area contributed by atoms with Crippen molar-refractivity contribution >= 4 is 0 Å². The van der Waals surface area contributed by atoms with Crippen molar-refractivity contribution < 1.29 is 5.11 Å². The van der Waals surface area contributed by atoms with E-state index in [1.807, 2.05) is 0 Å². The minimum Gasteiger partial charge on any atom is -0.388 e. The van der Waals surface area contributed by atoms with Crippen molar-refractivity contribution in [2.75, 3.05) is 0 Å². The van der Waals surface area contributed by atoms with Gasteiger partial charge in [0.15, 0.2) is 0 Å². The maximum absolute atomic E-state index is 10.5. The van der Waals surface area contributed by atoms with E-state index in [0.29, 0.717) is 23.2 Å². The van der Waals surface area contributed by atoms with Gasteiger partial charge in [0.05, 0.1) is 6.10 Å². The van der Waals surface area contributed by atoms with Crippen LogP contribution in [0.1, 0.15) is 52.9 Å². The molecule has 0 aromatic rings. The van der Waals surface area contributed by atoms with Gasteiger partial charge in [0.25, 0.3) is 0 Å². The Kier molecular flexibility index (Phi) is 3.18. The molecule has 2 aliphatic carbocycles. The predicted octanol–water partition coefficient (Wildman–Crippen LogP) is 3.78. The second-order valence-electron chi connectivity index (χ2n) is 6.58. The van der Waals surface area contributed by atoms with Gasteiger partial charge in [-0.15, -0.1) is 0 Å². The third-order valence-electron chi connectivity index (χ3n) is 5.18. The first kappa shape index (κ1) is 12.2. The highest BCUT2D eigenvalue weighted by Crippen LogP contribution is 2.56. The summed E-state index contributed by atoms with van der Waals surface area (Å²) in [7, 11) is 0. The fraction of sp³-hybridized carbons (Fsp3) is 0.867. The zero-order chi connectivity index (χ0) is 11.9. The van der Waals surface area contributed by atoms with Crippen LogP contribution in [0.4, 0.5) is 0 Å². The second kappa shape index (κ2) is 4.18. The van der Waals surface area contributed by atoms with E-state index in [1.54, 1.807) is 0 Å².